The van der Waals surface area contributed by atoms with Crippen molar-refractivity contribution in [2.75, 3.05) is 26.2 Å². The van der Waals surface area contributed by atoms with Crippen molar-refractivity contribution in [3.05, 3.63) is 35.1 Å². The molecule has 0 radical (unpaired) electrons. The van der Waals surface area contributed by atoms with Gasteiger partial charge in [-0.15, -0.1) is 24.8 Å². The fraction of sp³-hybridized carbons (Fsp3) is 0.647. The van der Waals surface area contributed by atoms with Crippen molar-refractivity contribution < 1.29 is 17.6 Å². The third kappa shape index (κ3) is 6.93. The summed E-state index contributed by atoms with van der Waals surface area (Å²) >= 11 is 0. The van der Waals surface area contributed by atoms with Crippen LogP contribution in [0.1, 0.15) is 49.8 Å². The zero-order valence-electron chi connectivity index (χ0n) is 14.2. The fourth-order valence-electron chi connectivity index (χ4n) is 3.09. The van der Waals surface area contributed by atoms with Gasteiger partial charge in [0.2, 0.25) is 0 Å². The van der Waals surface area contributed by atoms with Gasteiger partial charge in [0.15, 0.2) is 0 Å². The minimum atomic E-state index is -4.44. The van der Waals surface area contributed by atoms with Gasteiger partial charge < -0.3 is 5.32 Å². The molecule has 1 aromatic carbocycles. The number of nitrogens with one attached hydrogen (secondary N) is 1. The summed E-state index contributed by atoms with van der Waals surface area (Å²) in [4.78, 5) is 2.10. The summed E-state index contributed by atoms with van der Waals surface area (Å²) in [6, 6.07) is 2.48. The monoisotopic (exact) mass is 404 g/mol. The van der Waals surface area contributed by atoms with Crippen LogP contribution in [0.4, 0.5) is 17.6 Å². The molecule has 1 aromatic rings. The minimum Gasteiger partial charge on any atom is -0.314 e. The van der Waals surface area contributed by atoms with E-state index in [1.54, 1.807) is 0 Å². The molecule has 2 rings (SSSR count). The molecule has 1 saturated heterocycles. The minimum absolute atomic E-state index is 0. The number of hydrogen-bond acceptors (Lipinski definition) is 2. The molecule has 0 spiro atoms. The zero-order valence-corrected chi connectivity index (χ0v) is 15.9. The first-order valence-electron chi connectivity index (χ1n) is 8.25. The maximum atomic E-state index is 14.3. The average Bonchev–Trinajstić information content (AvgIpc) is 2.52. The lowest BCUT2D eigenvalue weighted by Gasteiger charge is -2.35. The van der Waals surface area contributed by atoms with Crippen LogP contribution in [0.25, 0.3) is 0 Å². The number of unbranched alkanes of at least 4 members (excludes halogenated alkanes) is 2. The van der Waals surface area contributed by atoms with Crippen LogP contribution in [-0.4, -0.2) is 31.1 Å². The second-order valence-corrected chi connectivity index (χ2v) is 6.03. The average molecular weight is 405 g/mol. The molecule has 0 amide bonds. The molecule has 1 atom stereocenters. The lowest BCUT2D eigenvalue weighted by atomic mass is 9.96. The highest BCUT2D eigenvalue weighted by Crippen LogP contribution is 2.35. The standard InChI is InChI=1S/C17H24F4N2.2ClH/c1-2-3-4-5-16(23-10-8-22-9-11-23)14-12-13(17(19,20)21)6-7-15(14)18;;/h6-7,12,16,22H,2-5,8-11H2,1H3;2*1H/t16-;;/m1../s1. The van der Waals surface area contributed by atoms with Gasteiger partial charge in [-0.2, -0.15) is 13.2 Å². The molecule has 1 N–H and O–H groups in total. The van der Waals surface area contributed by atoms with Gasteiger partial charge in [-0.25, -0.2) is 4.39 Å². The molecule has 1 aliphatic rings. The molecule has 1 aliphatic heterocycles. The topological polar surface area (TPSA) is 15.3 Å². The van der Waals surface area contributed by atoms with Gasteiger partial charge in [-0.1, -0.05) is 26.2 Å². The van der Waals surface area contributed by atoms with Gasteiger partial charge in [-0.05, 0) is 24.6 Å². The van der Waals surface area contributed by atoms with Crippen LogP contribution < -0.4 is 5.32 Å². The van der Waals surface area contributed by atoms with Crippen molar-refractivity contribution in [3.8, 4) is 0 Å². The lowest BCUT2D eigenvalue weighted by Crippen LogP contribution is -2.45. The first-order valence-corrected chi connectivity index (χ1v) is 8.25. The largest absolute Gasteiger partial charge is 0.416 e. The molecule has 0 saturated carbocycles. The molecule has 0 aliphatic carbocycles. The highest BCUT2D eigenvalue weighted by molar-refractivity contribution is 5.85. The highest BCUT2D eigenvalue weighted by Gasteiger charge is 2.33. The molecule has 0 aromatic heterocycles. The van der Waals surface area contributed by atoms with Gasteiger partial charge in [0.05, 0.1) is 5.56 Å². The lowest BCUT2D eigenvalue weighted by molar-refractivity contribution is -0.137. The Bertz CT molecular complexity index is 506. The summed E-state index contributed by atoms with van der Waals surface area (Å²) in [7, 11) is 0. The van der Waals surface area contributed by atoms with Crippen molar-refractivity contribution in [2.45, 2.75) is 44.8 Å². The maximum Gasteiger partial charge on any atom is 0.416 e. The van der Waals surface area contributed by atoms with Crippen LogP contribution in [0.2, 0.25) is 0 Å². The molecule has 0 unspecified atom stereocenters. The quantitative estimate of drug-likeness (QED) is 0.516. The van der Waals surface area contributed by atoms with Crippen LogP contribution in [-0.2, 0) is 6.18 Å². The molecule has 2 nitrogen and oxygen atoms in total. The number of nitrogens with zero attached hydrogens (tertiary/aromatic N) is 1. The van der Waals surface area contributed by atoms with E-state index in [0.29, 0.717) is 6.42 Å². The van der Waals surface area contributed by atoms with Crippen LogP contribution in [0.5, 0.6) is 0 Å². The van der Waals surface area contributed by atoms with Crippen molar-refractivity contribution >= 4 is 24.8 Å². The molecule has 1 fully saturated rings. The van der Waals surface area contributed by atoms with E-state index in [9.17, 15) is 17.6 Å². The third-order valence-corrected chi connectivity index (χ3v) is 4.36. The Hall–Kier alpha value is -0.560. The summed E-state index contributed by atoms with van der Waals surface area (Å²) in [5.41, 5.74) is -0.595. The van der Waals surface area contributed by atoms with E-state index in [-0.39, 0.29) is 36.4 Å². The molecular formula is C17H26Cl2F4N2. The second-order valence-electron chi connectivity index (χ2n) is 6.03. The van der Waals surface area contributed by atoms with Crippen LogP contribution in [0.15, 0.2) is 18.2 Å². The SMILES string of the molecule is CCCCC[C@H](c1cc(C(F)(F)F)ccc1F)N1CCNCC1.Cl.Cl. The summed E-state index contributed by atoms with van der Waals surface area (Å²) in [6.07, 6.45) is -0.838. The van der Waals surface area contributed by atoms with Gasteiger partial charge in [0, 0.05) is 37.8 Å². The van der Waals surface area contributed by atoms with Crippen molar-refractivity contribution in [1.82, 2.24) is 10.2 Å². The van der Waals surface area contributed by atoms with Crippen molar-refractivity contribution in [1.29, 1.82) is 0 Å². The smallest absolute Gasteiger partial charge is 0.314 e. The summed E-state index contributed by atoms with van der Waals surface area (Å²) < 4.78 is 53.2. The van der Waals surface area contributed by atoms with Crippen molar-refractivity contribution in [2.24, 2.45) is 0 Å². The first-order chi connectivity index (χ1) is 10.9. The number of piperazine rings is 1. The van der Waals surface area contributed by atoms with E-state index < -0.39 is 17.6 Å². The Balaban J connectivity index is 0.00000288. The summed E-state index contributed by atoms with van der Waals surface area (Å²) in [6.45, 7) is 5.10. The van der Waals surface area contributed by atoms with E-state index >= 15 is 0 Å². The van der Waals surface area contributed by atoms with Gasteiger partial charge >= 0.3 is 6.18 Å². The number of halogens is 6. The molecule has 8 heteroatoms. The van der Waals surface area contributed by atoms with Crippen LogP contribution >= 0.6 is 24.8 Å². The predicted molar refractivity (Wildman–Crippen MR) is 97.2 cm³/mol. The molecular weight excluding hydrogens is 379 g/mol. The van der Waals surface area contributed by atoms with E-state index in [1.165, 1.54) is 0 Å². The number of benzene rings is 1. The van der Waals surface area contributed by atoms with E-state index in [1.807, 2.05) is 0 Å². The molecule has 1 heterocycles. The van der Waals surface area contributed by atoms with E-state index in [2.05, 4.69) is 17.1 Å². The number of rotatable bonds is 6. The first kappa shape index (κ1) is 24.4. The van der Waals surface area contributed by atoms with E-state index in [4.69, 9.17) is 0 Å². The number of hydrogen-bond donors (Lipinski definition) is 1. The maximum absolute atomic E-state index is 14.3. The third-order valence-electron chi connectivity index (χ3n) is 4.36. The second kappa shape index (κ2) is 11.2. The Morgan fingerprint density at radius 1 is 1.12 bits per heavy atom. The Morgan fingerprint density at radius 3 is 2.32 bits per heavy atom. The van der Waals surface area contributed by atoms with E-state index in [0.717, 1.165) is 63.6 Å². The molecule has 0 bridgehead atoms. The molecule has 25 heavy (non-hydrogen) atoms. The summed E-state index contributed by atoms with van der Waals surface area (Å²) in [5.74, 6) is -0.543. The number of alkyl halides is 3. The van der Waals surface area contributed by atoms with Crippen molar-refractivity contribution in [3.63, 3.8) is 0 Å². The van der Waals surface area contributed by atoms with Gasteiger partial charge in [-0.3, -0.25) is 4.90 Å². The zero-order chi connectivity index (χ0) is 16.9. The Labute approximate surface area is 159 Å². The fourth-order valence-corrected chi connectivity index (χ4v) is 3.09. The molecule has 146 valence electrons. The predicted octanol–water partition coefficient (Wildman–Crippen LogP) is 5.21. The van der Waals surface area contributed by atoms with Gasteiger partial charge in [0.25, 0.3) is 0 Å². The Morgan fingerprint density at radius 2 is 1.76 bits per heavy atom. The normalized spacial score (nSPS) is 16.7. The van der Waals surface area contributed by atoms with Gasteiger partial charge in [0.1, 0.15) is 5.82 Å². The summed E-state index contributed by atoms with van der Waals surface area (Å²) in [5, 5.41) is 3.22. The van der Waals surface area contributed by atoms with Crippen LogP contribution in [0, 0.1) is 5.82 Å². The van der Waals surface area contributed by atoms with Crippen LogP contribution in [0.3, 0.4) is 0 Å². The highest BCUT2D eigenvalue weighted by atomic mass is 35.5. The Kier molecular flexibility index (Phi) is 11.0.